The van der Waals surface area contributed by atoms with Crippen molar-refractivity contribution in [1.29, 1.82) is 0 Å². The number of hydrogen-bond donors (Lipinski definition) is 2. The fourth-order valence-corrected chi connectivity index (χ4v) is 3.06. The van der Waals surface area contributed by atoms with Gasteiger partial charge in [-0.3, -0.25) is 0 Å². The Balaban J connectivity index is 1.65. The molecule has 22 heavy (non-hydrogen) atoms. The molecule has 0 aliphatic heterocycles. The Morgan fingerprint density at radius 1 is 1.27 bits per heavy atom. The molecule has 1 unspecified atom stereocenters. The molecular weight excluding hydrogens is 296 g/mol. The molecule has 0 spiro atoms. The van der Waals surface area contributed by atoms with E-state index in [1.165, 1.54) is 5.56 Å². The molecule has 0 saturated heterocycles. The molecule has 4 nitrogen and oxygen atoms in total. The molecule has 5 heteroatoms. The third-order valence-corrected chi connectivity index (χ3v) is 4.49. The highest BCUT2D eigenvalue weighted by molar-refractivity contribution is 7.15. The summed E-state index contributed by atoms with van der Waals surface area (Å²) in [5.74, 6) is 0.741. The number of thiazole rings is 1. The molecule has 0 fully saturated rings. The van der Waals surface area contributed by atoms with Gasteiger partial charge in [0.15, 0.2) is 0 Å². The smallest absolute Gasteiger partial charge is 0.123 e. The zero-order chi connectivity index (χ0) is 15.4. The van der Waals surface area contributed by atoms with Gasteiger partial charge in [-0.1, -0.05) is 29.8 Å². The fraction of sp³-hybridized carbons (Fsp3) is 0.235. The molecule has 2 aromatic heterocycles. The molecule has 1 atom stereocenters. The summed E-state index contributed by atoms with van der Waals surface area (Å²) in [6.45, 7) is 2.72. The van der Waals surface area contributed by atoms with Crippen LogP contribution in [0.2, 0.25) is 0 Å². The molecule has 2 N–H and O–H groups in total. The van der Waals surface area contributed by atoms with E-state index in [4.69, 9.17) is 4.42 Å². The van der Waals surface area contributed by atoms with E-state index in [-0.39, 0.29) is 12.6 Å². The van der Waals surface area contributed by atoms with Crippen molar-refractivity contribution in [3.8, 4) is 10.6 Å². The average Bonchev–Trinajstić information content (AvgIpc) is 3.20. The zero-order valence-corrected chi connectivity index (χ0v) is 13.1. The van der Waals surface area contributed by atoms with Gasteiger partial charge in [-0.2, -0.15) is 0 Å². The predicted octanol–water partition coefficient (Wildman–Crippen LogP) is 3.53. The van der Waals surface area contributed by atoms with E-state index >= 15 is 0 Å². The van der Waals surface area contributed by atoms with Gasteiger partial charge in [-0.25, -0.2) is 4.98 Å². The van der Waals surface area contributed by atoms with Crippen LogP contribution in [0, 0.1) is 6.92 Å². The minimum Gasteiger partial charge on any atom is -0.468 e. The lowest BCUT2D eigenvalue weighted by molar-refractivity contribution is 0.226. The minimum atomic E-state index is -0.195. The number of aliphatic hydroxyl groups excluding tert-OH is 1. The van der Waals surface area contributed by atoms with Gasteiger partial charge in [-0.05, 0) is 19.1 Å². The van der Waals surface area contributed by atoms with Crippen molar-refractivity contribution in [2.24, 2.45) is 0 Å². The normalized spacial score (nSPS) is 12.5. The van der Waals surface area contributed by atoms with Crippen molar-refractivity contribution < 1.29 is 9.52 Å². The maximum atomic E-state index is 9.45. The lowest BCUT2D eigenvalue weighted by Crippen LogP contribution is -2.23. The summed E-state index contributed by atoms with van der Waals surface area (Å²) in [5, 5.41) is 13.7. The lowest BCUT2D eigenvalue weighted by atomic mass is 10.2. The third-order valence-electron chi connectivity index (χ3n) is 3.44. The number of aliphatic hydroxyl groups is 1. The average molecular weight is 314 g/mol. The van der Waals surface area contributed by atoms with Gasteiger partial charge < -0.3 is 14.8 Å². The number of nitrogens with one attached hydrogen (secondary N) is 1. The number of aryl methyl sites for hydroxylation is 1. The summed E-state index contributed by atoms with van der Waals surface area (Å²) in [5.41, 5.74) is 2.37. The topological polar surface area (TPSA) is 58.3 Å². The van der Waals surface area contributed by atoms with Gasteiger partial charge in [0.25, 0.3) is 0 Å². The second-order valence-electron chi connectivity index (χ2n) is 5.13. The number of nitrogens with zero attached hydrogens (tertiary/aromatic N) is 1. The Morgan fingerprint density at radius 3 is 2.77 bits per heavy atom. The van der Waals surface area contributed by atoms with Crippen LogP contribution in [0.4, 0.5) is 0 Å². The summed E-state index contributed by atoms with van der Waals surface area (Å²) in [4.78, 5) is 5.60. The summed E-state index contributed by atoms with van der Waals surface area (Å²) in [6.07, 6.45) is 3.49. The van der Waals surface area contributed by atoms with Crippen LogP contribution in [0.3, 0.4) is 0 Å². The molecule has 0 radical (unpaired) electrons. The van der Waals surface area contributed by atoms with Gasteiger partial charge in [0.05, 0.1) is 18.9 Å². The molecular formula is C17H18N2O2S. The van der Waals surface area contributed by atoms with Crippen molar-refractivity contribution >= 4 is 11.3 Å². The van der Waals surface area contributed by atoms with E-state index in [0.29, 0.717) is 6.54 Å². The van der Waals surface area contributed by atoms with E-state index in [9.17, 15) is 5.11 Å². The number of rotatable bonds is 6. The quantitative estimate of drug-likeness (QED) is 0.731. The molecule has 3 rings (SSSR count). The lowest BCUT2D eigenvalue weighted by Gasteiger charge is -2.12. The number of aromatic nitrogens is 1. The molecule has 1 aromatic carbocycles. The summed E-state index contributed by atoms with van der Waals surface area (Å²) < 4.78 is 5.33. The molecule has 114 valence electrons. The second-order valence-corrected chi connectivity index (χ2v) is 6.24. The van der Waals surface area contributed by atoms with Crippen molar-refractivity contribution in [3.05, 3.63) is 65.1 Å². The summed E-state index contributed by atoms with van der Waals surface area (Å²) in [7, 11) is 0. The standard InChI is InChI=1S/C17H18N2O2S/c1-12-4-6-13(7-5-12)17-19-10-14(22-17)9-18-15(11-20)16-3-2-8-21-16/h2-8,10,15,18,20H,9,11H2,1H3. The van der Waals surface area contributed by atoms with Crippen LogP contribution in [0.25, 0.3) is 10.6 Å². The molecule has 2 heterocycles. The van der Waals surface area contributed by atoms with Crippen molar-refractivity contribution in [2.45, 2.75) is 19.5 Å². The molecule has 3 aromatic rings. The van der Waals surface area contributed by atoms with Crippen LogP contribution < -0.4 is 5.32 Å². The first kappa shape index (κ1) is 15.0. The number of benzene rings is 1. The predicted molar refractivity (Wildman–Crippen MR) is 87.7 cm³/mol. The number of furan rings is 1. The maximum absolute atomic E-state index is 9.45. The summed E-state index contributed by atoms with van der Waals surface area (Å²) >= 11 is 1.66. The van der Waals surface area contributed by atoms with Crippen LogP contribution in [0.1, 0.15) is 22.2 Å². The van der Waals surface area contributed by atoms with E-state index in [1.54, 1.807) is 17.6 Å². The van der Waals surface area contributed by atoms with E-state index in [2.05, 4.69) is 41.5 Å². The van der Waals surface area contributed by atoms with Gasteiger partial charge in [-0.15, -0.1) is 11.3 Å². The van der Waals surface area contributed by atoms with E-state index in [1.807, 2.05) is 18.3 Å². The van der Waals surface area contributed by atoms with Crippen LogP contribution in [-0.2, 0) is 6.54 Å². The first-order chi connectivity index (χ1) is 10.8. The van der Waals surface area contributed by atoms with E-state index in [0.717, 1.165) is 21.2 Å². The minimum absolute atomic E-state index is 0.00284. The van der Waals surface area contributed by atoms with Crippen LogP contribution in [0.5, 0.6) is 0 Å². The highest BCUT2D eigenvalue weighted by Crippen LogP contribution is 2.25. The SMILES string of the molecule is Cc1ccc(-c2ncc(CNC(CO)c3ccco3)s2)cc1. The second kappa shape index (κ2) is 6.87. The van der Waals surface area contributed by atoms with Crippen LogP contribution >= 0.6 is 11.3 Å². The third kappa shape index (κ3) is 3.44. The Labute approximate surface area is 133 Å². The Bertz CT molecular complexity index is 705. The Morgan fingerprint density at radius 2 is 2.09 bits per heavy atom. The van der Waals surface area contributed by atoms with Gasteiger partial charge in [0.2, 0.25) is 0 Å². The summed E-state index contributed by atoms with van der Waals surface area (Å²) in [6, 6.07) is 11.8. The first-order valence-electron chi connectivity index (χ1n) is 7.15. The van der Waals surface area contributed by atoms with E-state index < -0.39 is 0 Å². The molecule has 0 aliphatic carbocycles. The monoisotopic (exact) mass is 314 g/mol. The highest BCUT2D eigenvalue weighted by Gasteiger charge is 2.13. The highest BCUT2D eigenvalue weighted by atomic mass is 32.1. The maximum Gasteiger partial charge on any atom is 0.123 e. The van der Waals surface area contributed by atoms with Crippen molar-refractivity contribution in [3.63, 3.8) is 0 Å². The molecule has 0 amide bonds. The number of hydrogen-bond acceptors (Lipinski definition) is 5. The van der Waals surface area contributed by atoms with Crippen LogP contribution in [0.15, 0.2) is 53.3 Å². The zero-order valence-electron chi connectivity index (χ0n) is 12.3. The van der Waals surface area contributed by atoms with Gasteiger partial charge in [0.1, 0.15) is 10.8 Å². The largest absolute Gasteiger partial charge is 0.468 e. The Kier molecular flexibility index (Phi) is 4.68. The molecule has 0 aliphatic rings. The first-order valence-corrected chi connectivity index (χ1v) is 7.97. The molecule has 0 bridgehead atoms. The fourth-order valence-electron chi connectivity index (χ4n) is 2.19. The Hall–Kier alpha value is -1.95. The van der Waals surface area contributed by atoms with Crippen LogP contribution in [-0.4, -0.2) is 16.7 Å². The van der Waals surface area contributed by atoms with Gasteiger partial charge >= 0.3 is 0 Å². The van der Waals surface area contributed by atoms with Crippen molar-refractivity contribution in [2.75, 3.05) is 6.61 Å². The van der Waals surface area contributed by atoms with Crippen molar-refractivity contribution in [1.82, 2.24) is 10.3 Å². The molecule has 0 saturated carbocycles. The van der Waals surface area contributed by atoms with Gasteiger partial charge in [0, 0.05) is 23.2 Å².